The SMILES string of the molecule is CC(=CCSCC(Nc1ncco1)C(=O)O)CCCC(C)CCCC(C)CCCC(C)C. The Morgan fingerprint density at radius 2 is 1.72 bits per heavy atom. The molecule has 2 N–H and O–H groups in total. The fourth-order valence-corrected chi connectivity index (χ4v) is 4.82. The van der Waals surface area contributed by atoms with Gasteiger partial charge in [-0.1, -0.05) is 84.3 Å². The number of nitrogens with one attached hydrogen (secondary N) is 1. The lowest BCUT2D eigenvalue weighted by Crippen LogP contribution is -2.31. The lowest BCUT2D eigenvalue weighted by atomic mass is 9.91. The highest BCUT2D eigenvalue weighted by Crippen LogP contribution is 2.22. The Labute approximate surface area is 200 Å². The molecule has 32 heavy (non-hydrogen) atoms. The van der Waals surface area contributed by atoms with Gasteiger partial charge in [0.25, 0.3) is 6.01 Å². The number of carboxylic acid groups (broad SMARTS) is 1. The van der Waals surface area contributed by atoms with Gasteiger partial charge in [-0.2, -0.15) is 11.8 Å². The fourth-order valence-electron chi connectivity index (χ4n) is 3.81. The Kier molecular flexibility index (Phi) is 15.3. The van der Waals surface area contributed by atoms with E-state index in [-0.39, 0.29) is 6.01 Å². The van der Waals surface area contributed by atoms with Crippen LogP contribution in [0.25, 0.3) is 0 Å². The van der Waals surface area contributed by atoms with E-state index >= 15 is 0 Å². The molecule has 0 bridgehead atoms. The van der Waals surface area contributed by atoms with Crippen LogP contribution in [0.5, 0.6) is 0 Å². The standard InChI is InChI=1S/C26H46N2O3S/c1-20(2)9-6-10-21(3)11-7-12-22(4)13-8-14-23(5)15-18-32-19-24(25(29)30)28-26-27-16-17-31-26/h15-17,20-22,24H,6-14,18-19H2,1-5H3,(H,27,28)(H,29,30). The molecule has 1 aromatic rings. The fraction of sp³-hybridized carbons (Fsp3) is 0.769. The zero-order valence-corrected chi connectivity index (χ0v) is 21.8. The molecule has 0 saturated carbocycles. The Balaban J connectivity index is 2.10. The van der Waals surface area contributed by atoms with Crippen molar-refractivity contribution in [2.75, 3.05) is 16.8 Å². The lowest BCUT2D eigenvalue weighted by molar-refractivity contribution is -0.137. The lowest BCUT2D eigenvalue weighted by Gasteiger charge is -2.15. The van der Waals surface area contributed by atoms with Gasteiger partial charge < -0.3 is 14.8 Å². The van der Waals surface area contributed by atoms with Crippen molar-refractivity contribution in [1.29, 1.82) is 0 Å². The summed E-state index contributed by atoms with van der Waals surface area (Å²) in [6, 6.07) is -0.453. The minimum absolute atomic E-state index is 0.249. The van der Waals surface area contributed by atoms with Gasteiger partial charge in [-0.15, -0.1) is 0 Å². The van der Waals surface area contributed by atoms with Crippen molar-refractivity contribution in [3.63, 3.8) is 0 Å². The predicted octanol–water partition coefficient (Wildman–Crippen LogP) is 7.66. The Hall–Kier alpha value is -1.43. The third-order valence-electron chi connectivity index (χ3n) is 6.00. The summed E-state index contributed by atoms with van der Waals surface area (Å²) in [6.45, 7) is 11.6. The largest absolute Gasteiger partial charge is 0.480 e. The number of hydrogen-bond donors (Lipinski definition) is 2. The van der Waals surface area contributed by atoms with Crippen molar-refractivity contribution in [2.45, 2.75) is 98.4 Å². The van der Waals surface area contributed by atoms with Crippen LogP contribution in [0, 0.1) is 17.8 Å². The number of aliphatic carboxylic acids is 1. The van der Waals surface area contributed by atoms with E-state index in [0.717, 1.165) is 29.9 Å². The van der Waals surface area contributed by atoms with E-state index in [0.29, 0.717) is 5.75 Å². The third-order valence-corrected chi connectivity index (χ3v) is 6.97. The number of allylic oxidation sites excluding steroid dienone is 1. The second-order valence-electron chi connectivity index (χ2n) is 9.82. The van der Waals surface area contributed by atoms with E-state index in [4.69, 9.17) is 4.42 Å². The summed E-state index contributed by atoms with van der Waals surface area (Å²) in [4.78, 5) is 15.3. The van der Waals surface area contributed by atoms with Crippen molar-refractivity contribution in [1.82, 2.24) is 4.98 Å². The quantitative estimate of drug-likeness (QED) is 0.161. The Morgan fingerprint density at radius 1 is 1.09 bits per heavy atom. The number of nitrogens with zero attached hydrogens (tertiary/aromatic N) is 1. The third kappa shape index (κ3) is 14.6. The average molecular weight is 467 g/mol. The molecule has 0 aromatic carbocycles. The van der Waals surface area contributed by atoms with Gasteiger partial charge in [0.05, 0.1) is 6.20 Å². The monoisotopic (exact) mass is 466 g/mol. The second-order valence-corrected chi connectivity index (χ2v) is 10.9. The van der Waals surface area contributed by atoms with Gasteiger partial charge in [-0.05, 0) is 37.5 Å². The molecule has 1 rings (SSSR count). The molecule has 0 amide bonds. The highest BCUT2D eigenvalue weighted by molar-refractivity contribution is 7.99. The maximum absolute atomic E-state index is 11.4. The average Bonchev–Trinajstić information content (AvgIpc) is 3.23. The number of anilines is 1. The summed E-state index contributed by atoms with van der Waals surface area (Å²) in [5.74, 6) is 2.91. The number of hydrogen-bond acceptors (Lipinski definition) is 5. The maximum Gasteiger partial charge on any atom is 0.327 e. The molecule has 0 aliphatic carbocycles. The van der Waals surface area contributed by atoms with E-state index in [9.17, 15) is 9.90 Å². The summed E-state index contributed by atoms with van der Waals surface area (Å²) >= 11 is 1.61. The van der Waals surface area contributed by atoms with Gasteiger partial charge in [0.15, 0.2) is 0 Å². The molecule has 0 spiro atoms. The van der Waals surface area contributed by atoms with Crippen LogP contribution in [0.15, 0.2) is 28.5 Å². The van der Waals surface area contributed by atoms with Crippen molar-refractivity contribution >= 4 is 23.7 Å². The summed E-state index contributed by atoms with van der Waals surface area (Å²) in [5.41, 5.74) is 1.40. The summed E-state index contributed by atoms with van der Waals surface area (Å²) in [7, 11) is 0. The number of aromatic nitrogens is 1. The smallest absolute Gasteiger partial charge is 0.327 e. The second kappa shape index (κ2) is 17.1. The zero-order chi connectivity index (χ0) is 23.8. The summed E-state index contributed by atoms with van der Waals surface area (Å²) < 4.78 is 5.07. The molecule has 184 valence electrons. The number of thioether (sulfide) groups is 1. The van der Waals surface area contributed by atoms with Crippen LogP contribution in [0.2, 0.25) is 0 Å². The van der Waals surface area contributed by atoms with Crippen LogP contribution < -0.4 is 5.32 Å². The maximum atomic E-state index is 11.4. The van der Waals surface area contributed by atoms with Crippen LogP contribution in [0.4, 0.5) is 6.01 Å². The predicted molar refractivity (Wildman–Crippen MR) is 137 cm³/mol. The van der Waals surface area contributed by atoms with E-state index in [1.807, 2.05) is 0 Å². The Morgan fingerprint density at radius 3 is 2.28 bits per heavy atom. The van der Waals surface area contributed by atoms with Crippen LogP contribution >= 0.6 is 11.8 Å². The number of oxazole rings is 1. The van der Waals surface area contributed by atoms with Crippen molar-refractivity contribution in [2.24, 2.45) is 17.8 Å². The summed E-state index contributed by atoms with van der Waals surface area (Å²) in [6.07, 6.45) is 17.0. The van der Waals surface area contributed by atoms with E-state index in [1.165, 1.54) is 69.4 Å². The zero-order valence-electron chi connectivity index (χ0n) is 20.9. The normalized spacial score (nSPS) is 15.0. The topological polar surface area (TPSA) is 75.4 Å². The molecule has 0 fully saturated rings. The van der Waals surface area contributed by atoms with E-state index < -0.39 is 12.0 Å². The van der Waals surface area contributed by atoms with Crippen LogP contribution in [-0.2, 0) is 4.79 Å². The van der Waals surface area contributed by atoms with Gasteiger partial charge in [0, 0.05) is 11.5 Å². The molecule has 0 aliphatic heterocycles. The van der Waals surface area contributed by atoms with Gasteiger partial charge in [0.2, 0.25) is 0 Å². The van der Waals surface area contributed by atoms with E-state index in [1.54, 1.807) is 11.8 Å². The van der Waals surface area contributed by atoms with Crippen molar-refractivity contribution < 1.29 is 14.3 Å². The molecule has 3 atom stereocenters. The minimum Gasteiger partial charge on any atom is -0.480 e. The molecule has 1 aromatic heterocycles. The number of carbonyl (C=O) groups is 1. The van der Waals surface area contributed by atoms with Crippen molar-refractivity contribution in [3.05, 3.63) is 24.1 Å². The first-order valence-electron chi connectivity index (χ1n) is 12.4. The molecule has 0 radical (unpaired) electrons. The first-order chi connectivity index (χ1) is 15.3. The van der Waals surface area contributed by atoms with Crippen LogP contribution in [-0.4, -0.2) is 33.6 Å². The van der Waals surface area contributed by atoms with Crippen LogP contribution in [0.3, 0.4) is 0 Å². The van der Waals surface area contributed by atoms with Crippen LogP contribution in [0.1, 0.15) is 92.4 Å². The highest BCUT2D eigenvalue weighted by Gasteiger charge is 2.18. The first kappa shape index (κ1) is 28.6. The molecule has 1 heterocycles. The molecular formula is C26H46N2O3S. The van der Waals surface area contributed by atoms with Gasteiger partial charge >= 0.3 is 5.97 Å². The molecule has 0 aliphatic rings. The molecule has 3 unspecified atom stereocenters. The molecular weight excluding hydrogens is 420 g/mol. The van der Waals surface area contributed by atoms with Gasteiger partial charge in [-0.25, -0.2) is 9.78 Å². The van der Waals surface area contributed by atoms with E-state index in [2.05, 4.69) is 51.0 Å². The molecule has 6 heteroatoms. The summed E-state index contributed by atoms with van der Waals surface area (Å²) in [5, 5.41) is 12.2. The van der Waals surface area contributed by atoms with Gasteiger partial charge in [0.1, 0.15) is 12.3 Å². The molecule has 0 saturated heterocycles. The first-order valence-corrected chi connectivity index (χ1v) is 13.6. The Bertz CT molecular complexity index is 631. The number of rotatable bonds is 19. The minimum atomic E-state index is -0.893. The molecule has 5 nitrogen and oxygen atoms in total. The van der Waals surface area contributed by atoms with Gasteiger partial charge in [-0.3, -0.25) is 0 Å². The van der Waals surface area contributed by atoms with Crippen molar-refractivity contribution in [3.8, 4) is 0 Å². The highest BCUT2D eigenvalue weighted by atomic mass is 32.2. The number of carboxylic acids is 1.